The van der Waals surface area contributed by atoms with Gasteiger partial charge in [-0.1, -0.05) is 73.0 Å². The molecule has 0 amide bonds. The van der Waals surface area contributed by atoms with E-state index in [2.05, 4.69) is 60.1 Å². The van der Waals surface area contributed by atoms with Crippen LogP contribution < -0.4 is 0 Å². The van der Waals surface area contributed by atoms with Crippen LogP contribution in [0.5, 0.6) is 0 Å². The summed E-state index contributed by atoms with van der Waals surface area (Å²) in [7, 11) is 0. The lowest BCUT2D eigenvalue weighted by atomic mass is 9.81. The lowest BCUT2D eigenvalue weighted by molar-refractivity contribution is 0.122. The molecule has 0 aliphatic rings. The standard InChI is InChI=1S/C18H29BrO/c1-18(2,17-11-6-5-7-12-17)13-10-16-20-15-9-4-3-8-14-19/h5-7,11-12H,3-4,8-10,13-16H2,1-2H3. The van der Waals surface area contributed by atoms with Crippen molar-refractivity contribution < 1.29 is 4.74 Å². The summed E-state index contributed by atoms with van der Waals surface area (Å²) in [5, 5.41) is 1.13. The summed E-state index contributed by atoms with van der Waals surface area (Å²) in [6, 6.07) is 10.8. The maximum atomic E-state index is 5.73. The highest BCUT2D eigenvalue weighted by molar-refractivity contribution is 9.09. The number of unbranched alkanes of at least 4 members (excludes halogenated alkanes) is 3. The van der Waals surface area contributed by atoms with E-state index in [0.717, 1.165) is 25.0 Å². The molecule has 0 spiro atoms. The Bertz CT molecular complexity index is 335. The molecule has 1 aromatic rings. The molecule has 1 rings (SSSR count). The van der Waals surface area contributed by atoms with Gasteiger partial charge in [-0.25, -0.2) is 0 Å². The Kier molecular flexibility index (Phi) is 9.21. The van der Waals surface area contributed by atoms with Gasteiger partial charge in [0.1, 0.15) is 0 Å². The van der Waals surface area contributed by atoms with Crippen molar-refractivity contribution in [1.29, 1.82) is 0 Å². The number of alkyl halides is 1. The maximum Gasteiger partial charge on any atom is 0.0466 e. The fourth-order valence-electron chi connectivity index (χ4n) is 2.40. The van der Waals surface area contributed by atoms with E-state index >= 15 is 0 Å². The summed E-state index contributed by atoms with van der Waals surface area (Å²) in [5.41, 5.74) is 1.68. The Morgan fingerprint density at radius 3 is 2.25 bits per heavy atom. The van der Waals surface area contributed by atoms with Crippen LogP contribution >= 0.6 is 15.9 Å². The number of halogens is 1. The van der Waals surface area contributed by atoms with E-state index in [1.165, 1.54) is 37.7 Å². The molecule has 2 heteroatoms. The molecule has 1 aromatic carbocycles. The minimum absolute atomic E-state index is 0.250. The molecule has 114 valence electrons. The molecule has 0 heterocycles. The van der Waals surface area contributed by atoms with Crippen molar-refractivity contribution >= 4 is 15.9 Å². The van der Waals surface area contributed by atoms with Crippen molar-refractivity contribution in [2.24, 2.45) is 0 Å². The molecular weight excluding hydrogens is 312 g/mol. The van der Waals surface area contributed by atoms with Gasteiger partial charge >= 0.3 is 0 Å². The first kappa shape index (κ1) is 17.7. The van der Waals surface area contributed by atoms with Crippen LogP contribution in [0.4, 0.5) is 0 Å². The second-order valence-electron chi connectivity index (χ2n) is 6.07. The van der Waals surface area contributed by atoms with Crippen LogP contribution in [0.3, 0.4) is 0 Å². The fraction of sp³-hybridized carbons (Fsp3) is 0.667. The van der Waals surface area contributed by atoms with Gasteiger partial charge in [0.2, 0.25) is 0 Å². The SMILES string of the molecule is CC(C)(CCCOCCCCCCBr)c1ccccc1. The topological polar surface area (TPSA) is 9.23 Å². The van der Waals surface area contributed by atoms with E-state index in [1.54, 1.807) is 0 Å². The van der Waals surface area contributed by atoms with Gasteiger partial charge < -0.3 is 4.74 Å². The highest BCUT2D eigenvalue weighted by atomic mass is 79.9. The molecule has 0 bridgehead atoms. The number of ether oxygens (including phenoxy) is 1. The number of hydrogen-bond acceptors (Lipinski definition) is 1. The summed E-state index contributed by atoms with van der Waals surface area (Å²) in [5.74, 6) is 0. The highest BCUT2D eigenvalue weighted by Gasteiger charge is 2.19. The van der Waals surface area contributed by atoms with Crippen molar-refractivity contribution in [2.45, 2.75) is 57.8 Å². The van der Waals surface area contributed by atoms with Crippen LogP contribution in [0.25, 0.3) is 0 Å². The smallest absolute Gasteiger partial charge is 0.0466 e. The third-order valence-electron chi connectivity index (χ3n) is 3.82. The van der Waals surface area contributed by atoms with Gasteiger partial charge in [-0.2, -0.15) is 0 Å². The molecule has 0 fully saturated rings. The van der Waals surface area contributed by atoms with Crippen LogP contribution in [0.15, 0.2) is 30.3 Å². The summed E-state index contributed by atoms with van der Waals surface area (Å²) < 4.78 is 5.73. The van der Waals surface area contributed by atoms with Crippen LogP contribution in [-0.4, -0.2) is 18.5 Å². The molecule has 0 unspecified atom stereocenters. The van der Waals surface area contributed by atoms with Gasteiger partial charge in [-0.05, 0) is 36.7 Å². The van der Waals surface area contributed by atoms with Crippen LogP contribution in [0.1, 0.15) is 57.9 Å². The zero-order valence-electron chi connectivity index (χ0n) is 13.0. The van der Waals surface area contributed by atoms with Gasteiger partial charge in [-0.3, -0.25) is 0 Å². The molecule has 0 aliphatic heterocycles. The summed E-state index contributed by atoms with van der Waals surface area (Å²) in [6.07, 6.45) is 7.42. The Hall–Kier alpha value is -0.340. The van der Waals surface area contributed by atoms with E-state index in [4.69, 9.17) is 4.74 Å². The fourth-order valence-corrected chi connectivity index (χ4v) is 2.80. The molecule has 20 heavy (non-hydrogen) atoms. The molecule has 0 aliphatic carbocycles. The maximum absolute atomic E-state index is 5.73. The molecule has 0 saturated heterocycles. The minimum atomic E-state index is 0.250. The minimum Gasteiger partial charge on any atom is -0.381 e. The largest absolute Gasteiger partial charge is 0.381 e. The zero-order valence-corrected chi connectivity index (χ0v) is 14.6. The average molecular weight is 341 g/mol. The first-order chi connectivity index (χ1) is 9.67. The summed E-state index contributed by atoms with van der Waals surface area (Å²) in [6.45, 7) is 6.47. The van der Waals surface area contributed by atoms with Crippen molar-refractivity contribution in [3.8, 4) is 0 Å². The van der Waals surface area contributed by atoms with Gasteiger partial charge in [0.15, 0.2) is 0 Å². The van der Waals surface area contributed by atoms with Crippen LogP contribution in [0.2, 0.25) is 0 Å². The van der Waals surface area contributed by atoms with Gasteiger partial charge in [-0.15, -0.1) is 0 Å². The van der Waals surface area contributed by atoms with Crippen molar-refractivity contribution in [3.63, 3.8) is 0 Å². The Morgan fingerprint density at radius 1 is 0.900 bits per heavy atom. The van der Waals surface area contributed by atoms with E-state index in [9.17, 15) is 0 Å². The van der Waals surface area contributed by atoms with E-state index in [-0.39, 0.29) is 5.41 Å². The molecule has 1 nitrogen and oxygen atoms in total. The van der Waals surface area contributed by atoms with Gasteiger partial charge in [0.25, 0.3) is 0 Å². The molecule has 0 radical (unpaired) electrons. The van der Waals surface area contributed by atoms with Crippen LogP contribution in [-0.2, 0) is 10.2 Å². The molecule has 0 atom stereocenters. The molecule has 0 N–H and O–H groups in total. The molecule has 0 aromatic heterocycles. The number of benzene rings is 1. The predicted molar refractivity (Wildman–Crippen MR) is 91.8 cm³/mol. The van der Waals surface area contributed by atoms with Crippen molar-refractivity contribution in [1.82, 2.24) is 0 Å². The van der Waals surface area contributed by atoms with E-state index in [1.807, 2.05) is 0 Å². The molecule has 0 saturated carbocycles. The van der Waals surface area contributed by atoms with E-state index in [0.29, 0.717) is 0 Å². The Morgan fingerprint density at radius 2 is 1.55 bits per heavy atom. The first-order valence-electron chi connectivity index (χ1n) is 7.86. The lowest BCUT2D eigenvalue weighted by Crippen LogP contribution is -2.17. The second-order valence-corrected chi connectivity index (χ2v) is 6.86. The van der Waals surface area contributed by atoms with Crippen LogP contribution in [0, 0.1) is 0 Å². The Balaban J connectivity index is 2.06. The predicted octanol–water partition coefficient (Wildman–Crippen LogP) is 5.72. The van der Waals surface area contributed by atoms with E-state index < -0.39 is 0 Å². The monoisotopic (exact) mass is 340 g/mol. The molecular formula is C18H29BrO. The second kappa shape index (κ2) is 10.4. The lowest BCUT2D eigenvalue weighted by Gasteiger charge is -2.25. The van der Waals surface area contributed by atoms with Gasteiger partial charge in [0, 0.05) is 18.5 Å². The number of hydrogen-bond donors (Lipinski definition) is 0. The van der Waals surface area contributed by atoms with Gasteiger partial charge in [0.05, 0.1) is 0 Å². The quantitative estimate of drug-likeness (QED) is 0.370. The summed E-state index contributed by atoms with van der Waals surface area (Å²) in [4.78, 5) is 0. The Labute approximate surface area is 133 Å². The summed E-state index contributed by atoms with van der Waals surface area (Å²) >= 11 is 3.46. The zero-order chi connectivity index (χ0) is 14.7. The van der Waals surface area contributed by atoms with Crippen molar-refractivity contribution in [2.75, 3.05) is 18.5 Å². The normalized spacial score (nSPS) is 11.8. The highest BCUT2D eigenvalue weighted by Crippen LogP contribution is 2.27. The third-order valence-corrected chi connectivity index (χ3v) is 4.38. The average Bonchev–Trinajstić information content (AvgIpc) is 2.46. The third kappa shape index (κ3) is 7.44. The number of rotatable bonds is 11. The first-order valence-corrected chi connectivity index (χ1v) is 8.98. The van der Waals surface area contributed by atoms with Crippen molar-refractivity contribution in [3.05, 3.63) is 35.9 Å².